The van der Waals surface area contributed by atoms with Crippen LogP contribution in [0.3, 0.4) is 0 Å². The van der Waals surface area contributed by atoms with Gasteiger partial charge in [-0.15, -0.1) is 0 Å². The Morgan fingerprint density at radius 1 is 1.52 bits per heavy atom. The lowest BCUT2D eigenvalue weighted by molar-refractivity contribution is -0.139. The van der Waals surface area contributed by atoms with Gasteiger partial charge in [0.05, 0.1) is 0 Å². The zero-order valence-corrected chi connectivity index (χ0v) is 12.0. The molecule has 1 aromatic rings. The molecule has 1 aromatic heterocycles. The highest BCUT2D eigenvalue weighted by Crippen LogP contribution is 2.26. The summed E-state index contributed by atoms with van der Waals surface area (Å²) < 4.78 is 36.5. The standard InChI is InChI=1S/C12H14ClF3N4O/c1-7-18-9(13)5-10(19-7)20-4-2-3-8(20)11(21)17-6-12(14,15)16/h5,8H,2-4,6H2,1H3,(H,17,21)/t8-/m0/s1. The number of hydrogen-bond donors (Lipinski definition) is 1. The average molecular weight is 323 g/mol. The molecule has 1 atom stereocenters. The Kier molecular flexibility index (Phi) is 4.55. The molecule has 0 spiro atoms. The van der Waals surface area contributed by atoms with E-state index in [-0.39, 0.29) is 5.15 Å². The average Bonchev–Trinajstić information content (AvgIpc) is 2.83. The van der Waals surface area contributed by atoms with Gasteiger partial charge < -0.3 is 10.2 Å². The third-order valence-corrected chi connectivity index (χ3v) is 3.30. The van der Waals surface area contributed by atoms with Crippen molar-refractivity contribution in [2.45, 2.75) is 32.0 Å². The Morgan fingerprint density at radius 2 is 2.24 bits per heavy atom. The number of halogens is 4. The van der Waals surface area contributed by atoms with Crippen molar-refractivity contribution >= 4 is 23.3 Å². The molecule has 1 aliphatic heterocycles. The molecular weight excluding hydrogens is 309 g/mol. The number of aryl methyl sites for hydroxylation is 1. The maximum Gasteiger partial charge on any atom is 0.405 e. The van der Waals surface area contributed by atoms with E-state index in [1.54, 1.807) is 11.8 Å². The smallest absolute Gasteiger partial charge is 0.345 e. The summed E-state index contributed by atoms with van der Waals surface area (Å²) in [5.74, 6) is 0.244. The monoisotopic (exact) mass is 322 g/mol. The molecule has 21 heavy (non-hydrogen) atoms. The van der Waals surface area contributed by atoms with Crippen LogP contribution in [0.5, 0.6) is 0 Å². The van der Waals surface area contributed by atoms with Crippen LogP contribution in [-0.4, -0.2) is 41.2 Å². The topological polar surface area (TPSA) is 58.1 Å². The lowest BCUT2D eigenvalue weighted by Gasteiger charge is -2.25. The fourth-order valence-electron chi connectivity index (χ4n) is 2.28. The Bertz CT molecular complexity index is 517. The van der Waals surface area contributed by atoms with E-state index in [0.29, 0.717) is 31.0 Å². The molecule has 1 fully saturated rings. The molecule has 1 amide bonds. The van der Waals surface area contributed by atoms with Crippen LogP contribution in [0.4, 0.5) is 19.0 Å². The van der Waals surface area contributed by atoms with Crippen molar-refractivity contribution in [3.63, 3.8) is 0 Å². The van der Waals surface area contributed by atoms with Crippen LogP contribution in [0.1, 0.15) is 18.7 Å². The van der Waals surface area contributed by atoms with E-state index < -0.39 is 24.7 Å². The second kappa shape index (κ2) is 6.05. The van der Waals surface area contributed by atoms with Crippen molar-refractivity contribution in [3.8, 4) is 0 Å². The Morgan fingerprint density at radius 3 is 2.86 bits per heavy atom. The highest BCUT2D eigenvalue weighted by molar-refractivity contribution is 6.29. The second-order valence-corrected chi connectivity index (χ2v) is 5.17. The number of amides is 1. The maximum atomic E-state index is 12.2. The quantitative estimate of drug-likeness (QED) is 0.866. The van der Waals surface area contributed by atoms with Gasteiger partial charge in [0.1, 0.15) is 29.4 Å². The second-order valence-electron chi connectivity index (χ2n) is 4.78. The molecule has 0 unspecified atom stereocenters. The van der Waals surface area contributed by atoms with Gasteiger partial charge in [-0.25, -0.2) is 9.97 Å². The van der Waals surface area contributed by atoms with Crippen molar-refractivity contribution in [2.24, 2.45) is 0 Å². The zero-order chi connectivity index (χ0) is 15.6. The van der Waals surface area contributed by atoms with Gasteiger partial charge in [0.15, 0.2) is 0 Å². The molecule has 9 heteroatoms. The summed E-state index contributed by atoms with van der Waals surface area (Å²) in [5, 5.41) is 2.15. The van der Waals surface area contributed by atoms with Crippen LogP contribution >= 0.6 is 11.6 Å². The highest BCUT2D eigenvalue weighted by Gasteiger charge is 2.34. The number of hydrogen-bond acceptors (Lipinski definition) is 4. The summed E-state index contributed by atoms with van der Waals surface area (Å²) in [4.78, 5) is 21.7. The molecule has 2 rings (SSSR count). The van der Waals surface area contributed by atoms with Crippen LogP contribution < -0.4 is 10.2 Å². The summed E-state index contributed by atoms with van der Waals surface area (Å²) in [7, 11) is 0. The van der Waals surface area contributed by atoms with E-state index in [4.69, 9.17) is 11.6 Å². The van der Waals surface area contributed by atoms with Gasteiger partial charge >= 0.3 is 6.18 Å². The molecular formula is C12H14ClF3N4O. The summed E-state index contributed by atoms with van der Waals surface area (Å²) in [6.45, 7) is 0.862. The predicted octanol–water partition coefficient (Wildman–Crippen LogP) is 2.09. The normalized spacial score (nSPS) is 18.9. The first-order chi connectivity index (χ1) is 9.76. The van der Waals surface area contributed by atoms with Crippen molar-refractivity contribution in [1.29, 1.82) is 0 Å². The minimum absolute atomic E-state index is 0.235. The van der Waals surface area contributed by atoms with Crippen LogP contribution in [0.15, 0.2) is 6.07 Å². The lowest BCUT2D eigenvalue weighted by atomic mass is 10.2. The molecule has 1 aliphatic rings. The minimum atomic E-state index is -4.42. The number of alkyl halides is 3. The van der Waals surface area contributed by atoms with Gasteiger partial charge in [0, 0.05) is 12.6 Å². The van der Waals surface area contributed by atoms with E-state index in [1.165, 1.54) is 6.07 Å². The summed E-state index contributed by atoms with van der Waals surface area (Å²) in [6.07, 6.45) is -3.25. The first-order valence-corrected chi connectivity index (χ1v) is 6.76. The van der Waals surface area contributed by atoms with Gasteiger partial charge in [-0.3, -0.25) is 4.79 Å². The molecule has 0 bridgehead atoms. The van der Waals surface area contributed by atoms with Gasteiger partial charge in [-0.2, -0.15) is 13.2 Å². The fraction of sp³-hybridized carbons (Fsp3) is 0.583. The van der Waals surface area contributed by atoms with E-state index in [2.05, 4.69) is 9.97 Å². The largest absolute Gasteiger partial charge is 0.405 e. The predicted molar refractivity (Wildman–Crippen MR) is 71.2 cm³/mol. The number of carbonyl (C=O) groups is 1. The Hall–Kier alpha value is -1.57. The number of rotatable bonds is 3. The lowest BCUT2D eigenvalue weighted by Crippen LogP contribution is -2.46. The minimum Gasteiger partial charge on any atom is -0.345 e. The number of aromatic nitrogens is 2. The van der Waals surface area contributed by atoms with Crippen molar-refractivity contribution in [2.75, 3.05) is 18.0 Å². The van der Waals surface area contributed by atoms with E-state index in [0.717, 1.165) is 0 Å². The van der Waals surface area contributed by atoms with Crippen LogP contribution in [-0.2, 0) is 4.79 Å². The van der Waals surface area contributed by atoms with Crippen molar-refractivity contribution < 1.29 is 18.0 Å². The number of nitrogens with one attached hydrogen (secondary N) is 1. The van der Waals surface area contributed by atoms with Gasteiger partial charge in [-0.1, -0.05) is 11.6 Å². The van der Waals surface area contributed by atoms with Gasteiger partial charge in [0.25, 0.3) is 0 Å². The molecule has 1 saturated heterocycles. The summed E-state index contributed by atoms with van der Waals surface area (Å²) in [6, 6.07) is 0.835. The molecule has 0 aliphatic carbocycles. The zero-order valence-electron chi connectivity index (χ0n) is 11.2. The number of nitrogens with zero attached hydrogens (tertiary/aromatic N) is 3. The van der Waals surface area contributed by atoms with Gasteiger partial charge in [0.2, 0.25) is 5.91 Å². The Balaban J connectivity index is 2.11. The molecule has 2 heterocycles. The Labute approximate surface area is 124 Å². The molecule has 0 aromatic carbocycles. The SMILES string of the molecule is Cc1nc(Cl)cc(N2CCC[C@H]2C(=O)NCC(F)(F)F)n1. The molecule has 116 valence electrons. The summed E-state index contributed by atoms with van der Waals surface area (Å²) >= 11 is 5.85. The van der Waals surface area contributed by atoms with Crippen LogP contribution in [0, 0.1) is 6.92 Å². The van der Waals surface area contributed by atoms with Crippen LogP contribution in [0.2, 0.25) is 5.15 Å². The molecule has 5 nitrogen and oxygen atoms in total. The molecule has 0 radical (unpaired) electrons. The third-order valence-electron chi connectivity index (χ3n) is 3.11. The van der Waals surface area contributed by atoms with Crippen molar-refractivity contribution in [1.82, 2.24) is 15.3 Å². The van der Waals surface area contributed by atoms with Crippen LogP contribution in [0.25, 0.3) is 0 Å². The maximum absolute atomic E-state index is 12.2. The molecule has 0 saturated carbocycles. The van der Waals surface area contributed by atoms with E-state index in [1.807, 2.05) is 5.32 Å². The first-order valence-electron chi connectivity index (χ1n) is 6.38. The number of carbonyl (C=O) groups excluding carboxylic acids is 1. The molecule has 1 N–H and O–H groups in total. The van der Waals surface area contributed by atoms with Gasteiger partial charge in [-0.05, 0) is 19.8 Å². The third kappa shape index (κ3) is 4.20. The van der Waals surface area contributed by atoms with Crippen molar-refractivity contribution in [3.05, 3.63) is 17.0 Å². The first kappa shape index (κ1) is 15.8. The highest BCUT2D eigenvalue weighted by atomic mass is 35.5. The number of anilines is 1. The summed E-state index contributed by atoms with van der Waals surface area (Å²) in [5.41, 5.74) is 0. The van der Waals surface area contributed by atoms with E-state index >= 15 is 0 Å². The van der Waals surface area contributed by atoms with E-state index in [9.17, 15) is 18.0 Å². The fourth-order valence-corrected chi connectivity index (χ4v) is 2.50.